The van der Waals surface area contributed by atoms with E-state index in [1.54, 1.807) is 6.92 Å². The molecule has 0 fully saturated rings. The first kappa shape index (κ1) is 16.9. The van der Waals surface area contributed by atoms with Gasteiger partial charge in [-0.15, -0.1) is 0 Å². The van der Waals surface area contributed by atoms with Crippen LogP contribution in [0.15, 0.2) is 30.3 Å². The molecule has 0 saturated carbocycles. The molecule has 0 bridgehead atoms. The number of benzene rings is 1. The molecule has 1 aromatic carbocycles. The van der Waals surface area contributed by atoms with E-state index in [0.717, 1.165) is 11.0 Å². The molecule has 7 nitrogen and oxygen atoms in total. The molecule has 0 aliphatic rings. The maximum atomic E-state index is 11.2. The third-order valence-corrected chi connectivity index (χ3v) is 2.23. The fourth-order valence-electron chi connectivity index (χ4n) is 1.27. The van der Waals surface area contributed by atoms with Crippen LogP contribution in [0.1, 0.15) is 26.7 Å². The maximum absolute atomic E-state index is 11.2. The minimum atomic E-state index is -0.645. The van der Waals surface area contributed by atoms with Crippen LogP contribution < -0.4 is 4.74 Å². The monoisotopic (exact) mass is 297 g/mol. The summed E-state index contributed by atoms with van der Waals surface area (Å²) in [6.07, 6.45) is 0.688. The summed E-state index contributed by atoms with van der Waals surface area (Å²) in [6, 6.07) is 9.31. The zero-order chi connectivity index (χ0) is 15.5. The van der Waals surface area contributed by atoms with Crippen LogP contribution in [0.4, 0.5) is 0 Å². The van der Waals surface area contributed by atoms with Gasteiger partial charge in [0.25, 0.3) is 0 Å². The largest absolute Gasteiger partial charge is 0.494 e. The smallest absolute Gasteiger partial charge is 0.341 e. The quantitative estimate of drug-likeness (QED) is 0.392. The zero-order valence-corrected chi connectivity index (χ0v) is 12.1. The summed E-state index contributed by atoms with van der Waals surface area (Å²) < 4.78 is 5.48. The molecule has 0 amide bonds. The van der Waals surface area contributed by atoms with Gasteiger partial charge < -0.3 is 9.57 Å². The van der Waals surface area contributed by atoms with Crippen LogP contribution in [-0.4, -0.2) is 30.3 Å². The number of carbonyl (C=O) groups is 2. The molecule has 7 heteroatoms. The molecule has 1 aromatic rings. The van der Waals surface area contributed by atoms with Gasteiger partial charge >= 0.3 is 11.9 Å². The molecule has 0 aromatic heterocycles. The van der Waals surface area contributed by atoms with Crippen LogP contribution >= 0.6 is 0 Å². The van der Waals surface area contributed by atoms with E-state index in [9.17, 15) is 9.59 Å². The molecule has 0 spiro atoms. The van der Waals surface area contributed by atoms with Crippen LogP contribution in [0.25, 0.3) is 0 Å². The summed E-state index contributed by atoms with van der Waals surface area (Å²) in [7, 11) is 0. The molecular formula is C14H19NO6. The molecule has 0 unspecified atom stereocenters. The van der Waals surface area contributed by atoms with Crippen LogP contribution in [0, 0.1) is 0 Å². The Balaban J connectivity index is 2.30. The third kappa shape index (κ3) is 7.91. The SMILES string of the molecule is CCC(=O)ON(CCCOc1ccccc1)OOC(C)=O. The second-order valence-corrected chi connectivity index (χ2v) is 4.04. The molecule has 1 rings (SSSR count). The average molecular weight is 297 g/mol. The van der Waals surface area contributed by atoms with Crippen LogP contribution in [0.2, 0.25) is 0 Å². The van der Waals surface area contributed by atoms with Gasteiger partial charge in [-0.3, -0.25) is 9.68 Å². The van der Waals surface area contributed by atoms with Gasteiger partial charge in [0, 0.05) is 25.0 Å². The normalized spacial score (nSPS) is 10.2. The van der Waals surface area contributed by atoms with Crippen molar-refractivity contribution in [2.24, 2.45) is 0 Å². The second-order valence-electron chi connectivity index (χ2n) is 4.04. The van der Waals surface area contributed by atoms with E-state index in [4.69, 9.17) is 9.57 Å². The van der Waals surface area contributed by atoms with Gasteiger partial charge in [-0.1, -0.05) is 25.1 Å². The molecular weight excluding hydrogens is 278 g/mol. The lowest BCUT2D eigenvalue weighted by Crippen LogP contribution is -2.30. The molecule has 0 aliphatic carbocycles. The molecule has 0 radical (unpaired) electrons. The Morgan fingerprint density at radius 2 is 1.90 bits per heavy atom. The summed E-state index contributed by atoms with van der Waals surface area (Å²) in [5.41, 5.74) is 0. The first-order chi connectivity index (χ1) is 10.1. The van der Waals surface area contributed by atoms with Gasteiger partial charge in [-0.05, 0) is 17.1 Å². The van der Waals surface area contributed by atoms with Crippen molar-refractivity contribution in [3.05, 3.63) is 30.3 Å². The maximum Gasteiger partial charge on any atom is 0.341 e. The van der Waals surface area contributed by atoms with Crippen LogP contribution in [0.3, 0.4) is 0 Å². The topological polar surface area (TPSA) is 74.3 Å². The van der Waals surface area contributed by atoms with Crippen molar-refractivity contribution >= 4 is 11.9 Å². The number of hydrogen-bond acceptors (Lipinski definition) is 7. The minimum Gasteiger partial charge on any atom is -0.494 e. The lowest BCUT2D eigenvalue weighted by Gasteiger charge is -2.17. The summed E-state index contributed by atoms with van der Waals surface area (Å²) >= 11 is 0. The summed E-state index contributed by atoms with van der Waals surface area (Å²) in [5, 5.41) is 0.821. The van der Waals surface area contributed by atoms with Gasteiger partial charge in [0.2, 0.25) is 0 Å². The number of carbonyl (C=O) groups excluding carboxylic acids is 2. The van der Waals surface area contributed by atoms with Gasteiger partial charge in [0.1, 0.15) is 5.75 Å². The van der Waals surface area contributed by atoms with Crippen molar-refractivity contribution in [1.29, 1.82) is 0 Å². The van der Waals surface area contributed by atoms with Crippen molar-refractivity contribution in [2.45, 2.75) is 26.7 Å². The molecule has 21 heavy (non-hydrogen) atoms. The van der Waals surface area contributed by atoms with Crippen molar-refractivity contribution in [2.75, 3.05) is 13.2 Å². The standard InChI is InChI=1S/C14H19NO6/c1-3-14(17)19-15(21-20-12(2)16)10-7-11-18-13-8-5-4-6-9-13/h4-6,8-9H,3,7,10-11H2,1-2H3. The van der Waals surface area contributed by atoms with Gasteiger partial charge in [0.15, 0.2) is 0 Å². The highest BCUT2D eigenvalue weighted by Gasteiger charge is 2.13. The summed E-state index contributed by atoms with van der Waals surface area (Å²) in [6.45, 7) is 3.42. The van der Waals surface area contributed by atoms with E-state index in [-0.39, 0.29) is 13.0 Å². The highest BCUT2D eigenvalue weighted by atomic mass is 17.3. The van der Waals surface area contributed by atoms with Gasteiger partial charge in [-0.25, -0.2) is 4.79 Å². The summed E-state index contributed by atoms with van der Waals surface area (Å²) in [4.78, 5) is 35.7. The Labute approximate surface area is 123 Å². The Morgan fingerprint density at radius 1 is 1.19 bits per heavy atom. The van der Waals surface area contributed by atoms with E-state index >= 15 is 0 Å². The van der Waals surface area contributed by atoms with E-state index in [0.29, 0.717) is 13.0 Å². The van der Waals surface area contributed by atoms with E-state index < -0.39 is 11.9 Å². The number of hydroxylamine groups is 2. The van der Waals surface area contributed by atoms with Gasteiger partial charge in [0.05, 0.1) is 13.2 Å². The predicted molar refractivity (Wildman–Crippen MR) is 72.5 cm³/mol. The van der Waals surface area contributed by atoms with Crippen molar-refractivity contribution < 1.29 is 29.0 Å². The number of nitrogens with zero attached hydrogens (tertiary/aromatic N) is 1. The molecule has 0 N–H and O–H groups in total. The first-order valence-corrected chi connectivity index (χ1v) is 6.63. The molecule has 0 atom stereocenters. The highest BCUT2D eigenvalue weighted by Crippen LogP contribution is 2.08. The molecule has 0 heterocycles. The van der Waals surface area contributed by atoms with Crippen molar-refractivity contribution in [1.82, 2.24) is 5.23 Å². The third-order valence-electron chi connectivity index (χ3n) is 2.23. The van der Waals surface area contributed by atoms with Gasteiger partial charge in [-0.2, -0.15) is 0 Å². The number of hydrogen-bond donors (Lipinski definition) is 0. The minimum absolute atomic E-state index is 0.181. The zero-order valence-electron chi connectivity index (χ0n) is 12.1. The predicted octanol–water partition coefficient (Wildman–Crippen LogP) is 2.04. The highest BCUT2D eigenvalue weighted by molar-refractivity contribution is 5.68. The molecule has 0 saturated heterocycles. The number of rotatable bonds is 9. The lowest BCUT2D eigenvalue weighted by molar-refractivity contribution is -0.485. The fraction of sp³-hybridized carbons (Fsp3) is 0.429. The second kappa shape index (κ2) is 9.73. The van der Waals surface area contributed by atoms with Crippen molar-refractivity contribution in [3.8, 4) is 5.75 Å². The van der Waals surface area contributed by atoms with Crippen molar-refractivity contribution in [3.63, 3.8) is 0 Å². The van der Waals surface area contributed by atoms with E-state index in [1.165, 1.54) is 6.92 Å². The molecule has 0 aliphatic heterocycles. The van der Waals surface area contributed by atoms with E-state index in [1.807, 2.05) is 30.3 Å². The fourth-order valence-corrected chi connectivity index (χ4v) is 1.27. The Bertz CT molecular complexity index is 436. The van der Waals surface area contributed by atoms with E-state index in [2.05, 4.69) is 9.88 Å². The lowest BCUT2D eigenvalue weighted by atomic mass is 10.3. The Hall–Kier alpha value is -2.12. The average Bonchev–Trinajstić information content (AvgIpc) is 2.49. The number of para-hydroxylation sites is 1. The molecule has 116 valence electrons. The first-order valence-electron chi connectivity index (χ1n) is 6.63. The summed E-state index contributed by atoms with van der Waals surface area (Å²) in [5.74, 6) is -0.394. The Kier molecular flexibility index (Phi) is 7.85. The van der Waals surface area contributed by atoms with Crippen LogP contribution in [0.5, 0.6) is 5.75 Å². The Morgan fingerprint density at radius 3 is 2.52 bits per heavy atom. The number of ether oxygens (including phenoxy) is 1. The van der Waals surface area contributed by atoms with Crippen LogP contribution in [-0.2, 0) is 24.3 Å².